The van der Waals surface area contributed by atoms with Crippen LogP contribution in [0.3, 0.4) is 0 Å². The summed E-state index contributed by atoms with van der Waals surface area (Å²) in [4.78, 5) is 4.32. The van der Waals surface area contributed by atoms with Crippen LogP contribution in [0.15, 0.2) is 29.3 Å². The fraction of sp³-hybridized carbons (Fsp3) is 0.650. The van der Waals surface area contributed by atoms with Crippen molar-refractivity contribution >= 4 is 35.6 Å². The first-order valence-electron chi connectivity index (χ1n) is 9.13. The summed E-state index contributed by atoms with van der Waals surface area (Å²) in [5, 5.41) is 10.2. The van der Waals surface area contributed by atoms with Gasteiger partial charge in [0.25, 0.3) is 0 Å². The van der Waals surface area contributed by atoms with Gasteiger partial charge in [0.2, 0.25) is 0 Å². The molecule has 1 unspecified atom stereocenters. The molecule has 0 radical (unpaired) electrons. The zero-order valence-electron chi connectivity index (χ0n) is 17.2. The average Bonchev–Trinajstić information content (AvgIpc) is 2.57. The molecule has 0 heterocycles. The van der Waals surface area contributed by atoms with E-state index >= 15 is 0 Å². The van der Waals surface area contributed by atoms with Crippen molar-refractivity contribution in [2.45, 2.75) is 53.1 Å². The summed E-state index contributed by atoms with van der Waals surface area (Å²) in [6.45, 7) is 11.3. The van der Waals surface area contributed by atoms with Gasteiger partial charge < -0.3 is 20.7 Å². The molecule has 0 amide bonds. The Morgan fingerprint density at radius 1 is 1.19 bits per heavy atom. The van der Waals surface area contributed by atoms with E-state index in [9.17, 15) is 0 Å². The normalized spacial score (nSPS) is 12.9. The Balaban J connectivity index is 0.00000625. The maximum absolute atomic E-state index is 5.04. The molecule has 26 heavy (non-hydrogen) atoms. The lowest BCUT2D eigenvalue weighted by atomic mass is 9.89. The lowest BCUT2D eigenvalue weighted by Crippen LogP contribution is -2.42. The maximum atomic E-state index is 5.04. The van der Waals surface area contributed by atoms with E-state index in [1.54, 1.807) is 7.11 Å². The zero-order valence-corrected chi connectivity index (χ0v) is 19.5. The summed E-state index contributed by atoms with van der Waals surface area (Å²) < 4.78 is 5.04. The van der Waals surface area contributed by atoms with E-state index in [0.717, 1.165) is 31.2 Å². The molecule has 3 N–H and O–H groups in total. The molecular formula is C20H37IN4O. The van der Waals surface area contributed by atoms with Gasteiger partial charge in [-0.2, -0.15) is 0 Å². The van der Waals surface area contributed by atoms with Crippen molar-refractivity contribution in [2.75, 3.05) is 32.6 Å². The first kappa shape index (κ1) is 25.0. The summed E-state index contributed by atoms with van der Waals surface area (Å²) in [6, 6.07) is 8.83. The first-order chi connectivity index (χ1) is 11.8. The van der Waals surface area contributed by atoms with Gasteiger partial charge in [-0.1, -0.05) is 32.9 Å². The molecule has 0 bridgehead atoms. The highest BCUT2D eigenvalue weighted by Crippen LogP contribution is 2.21. The Morgan fingerprint density at radius 3 is 2.38 bits per heavy atom. The molecule has 5 nitrogen and oxygen atoms in total. The van der Waals surface area contributed by atoms with E-state index in [-0.39, 0.29) is 24.0 Å². The Bertz CT molecular complexity index is 512. The minimum atomic E-state index is 0. The lowest BCUT2D eigenvalue weighted by Gasteiger charge is -2.23. The lowest BCUT2D eigenvalue weighted by molar-refractivity contribution is 0.211. The van der Waals surface area contributed by atoms with E-state index in [1.807, 2.05) is 7.05 Å². The molecule has 0 aliphatic rings. The van der Waals surface area contributed by atoms with E-state index in [2.05, 4.69) is 72.9 Å². The van der Waals surface area contributed by atoms with Gasteiger partial charge in [0, 0.05) is 39.0 Å². The van der Waals surface area contributed by atoms with Crippen LogP contribution in [-0.4, -0.2) is 39.3 Å². The number of methoxy groups -OCH3 is 1. The third-order valence-electron chi connectivity index (χ3n) is 3.98. The predicted octanol–water partition coefficient (Wildman–Crippen LogP) is 4.24. The smallest absolute Gasteiger partial charge is 0.191 e. The molecule has 1 atom stereocenters. The third-order valence-corrected chi connectivity index (χ3v) is 3.98. The van der Waals surface area contributed by atoms with Crippen LogP contribution in [-0.2, 0) is 11.3 Å². The molecular weight excluding hydrogens is 439 g/mol. The van der Waals surface area contributed by atoms with Crippen LogP contribution in [0, 0.1) is 5.41 Å². The second kappa shape index (κ2) is 13.2. The molecule has 150 valence electrons. The second-order valence-corrected chi connectivity index (χ2v) is 7.69. The van der Waals surface area contributed by atoms with Gasteiger partial charge in [0.1, 0.15) is 0 Å². The maximum Gasteiger partial charge on any atom is 0.191 e. The second-order valence-electron chi connectivity index (χ2n) is 7.69. The largest absolute Gasteiger partial charge is 0.383 e. The van der Waals surface area contributed by atoms with Crippen LogP contribution in [0.4, 0.5) is 5.69 Å². The van der Waals surface area contributed by atoms with Crippen molar-refractivity contribution < 1.29 is 4.74 Å². The molecule has 0 aliphatic carbocycles. The summed E-state index contributed by atoms with van der Waals surface area (Å²) >= 11 is 0. The number of anilines is 1. The minimum Gasteiger partial charge on any atom is -0.383 e. The topological polar surface area (TPSA) is 57.7 Å². The molecule has 0 aliphatic heterocycles. The predicted molar refractivity (Wildman–Crippen MR) is 124 cm³/mol. The van der Waals surface area contributed by atoms with Crippen molar-refractivity contribution in [1.82, 2.24) is 10.6 Å². The Hall–Kier alpha value is -1.02. The summed E-state index contributed by atoms with van der Waals surface area (Å²) in [5.41, 5.74) is 2.70. The van der Waals surface area contributed by atoms with Crippen molar-refractivity contribution in [2.24, 2.45) is 10.4 Å². The van der Waals surface area contributed by atoms with E-state index in [0.29, 0.717) is 18.1 Å². The number of hydrogen-bond donors (Lipinski definition) is 3. The number of nitrogens with one attached hydrogen (secondary N) is 3. The Morgan fingerprint density at radius 2 is 1.85 bits per heavy atom. The van der Waals surface area contributed by atoms with Crippen LogP contribution < -0.4 is 16.0 Å². The van der Waals surface area contributed by atoms with Gasteiger partial charge in [0.15, 0.2) is 5.96 Å². The number of rotatable bonds is 9. The molecule has 0 saturated carbocycles. The fourth-order valence-corrected chi connectivity index (χ4v) is 2.37. The quantitative estimate of drug-likeness (QED) is 0.216. The van der Waals surface area contributed by atoms with Crippen molar-refractivity contribution in [1.29, 1.82) is 0 Å². The molecule has 0 aromatic heterocycles. The van der Waals surface area contributed by atoms with Gasteiger partial charge in [0.05, 0.1) is 6.61 Å². The van der Waals surface area contributed by atoms with Crippen molar-refractivity contribution in [3.05, 3.63) is 29.8 Å². The van der Waals surface area contributed by atoms with E-state index < -0.39 is 0 Å². The molecule has 0 spiro atoms. The highest BCUT2D eigenvalue weighted by atomic mass is 127. The van der Waals surface area contributed by atoms with Crippen LogP contribution in [0.2, 0.25) is 0 Å². The van der Waals surface area contributed by atoms with Gasteiger partial charge >= 0.3 is 0 Å². The minimum absolute atomic E-state index is 0. The third kappa shape index (κ3) is 11.6. The number of ether oxygens (including phenoxy) is 1. The summed E-state index contributed by atoms with van der Waals surface area (Å²) in [5.74, 6) is 0.851. The average molecular weight is 476 g/mol. The van der Waals surface area contributed by atoms with Crippen LogP contribution >= 0.6 is 24.0 Å². The van der Waals surface area contributed by atoms with E-state index in [1.165, 1.54) is 12.0 Å². The summed E-state index contributed by atoms with van der Waals surface area (Å²) in [7, 11) is 3.52. The van der Waals surface area contributed by atoms with Gasteiger partial charge in [-0.25, -0.2) is 0 Å². The highest BCUT2D eigenvalue weighted by molar-refractivity contribution is 14.0. The van der Waals surface area contributed by atoms with Gasteiger partial charge in [-0.3, -0.25) is 4.99 Å². The number of aliphatic imine (C=N–C) groups is 1. The van der Waals surface area contributed by atoms with Crippen LogP contribution in [0.25, 0.3) is 0 Å². The monoisotopic (exact) mass is 476 g/mol. The van der Waals surface area contributed by atoms with Gasteiger partial charge in [-0.15, -0.1) is 24.0 Å². The molecule has 1 rings (SSSR count). The van der Waals surface area contributed by atoms with Crippen LogP contribution in [0.1, 0.15) is 46.1 Å². The first-order valence-corrected chi connectivity index (χ1v) is 9.13. The zero-order chi connectivity index (χ0) is 18.7. The van der Waals surface area contributed by atoms with Crippen molar-refractivity contribution in [3.63, 3.8) is 0 Å². The molecule has 0 fully saturated rings. The number of benzene rings is 1. The standard InChI is InChI=1S/C20H36N4O.HI/c1-16(11-12-20(2,3)4)24-19(21-5)23-15-17-7-9-18(10-8-17)22-13-14-25-6;/h7-10,16,22H,11-15H2,1-6H3,(H2,21,23,24);1H. The van der Waals surface area contributed by atoms with E-state index in [4.69, 9.17) is 4.74 Å². The molecule has 1 aromatic rings. The number of nitrogens with zero attached hydrogens (tertiary/aromatic N) is 1. The molecule has 1 aromatic carbocycles. The Labute approximate surface area is 176 Å². The SMILES string of the molecule is CN=C(NCc1ccc(NCCOC)cc1)NC(C)CCC(C)(C)C.I. The number of hydrogen-bond acceptors (Lipinski definition) is 3. The van der Waals surface area contributed by atoms with Crippen molar-refractivity contribution in [3.8, 4) is 0 Å². The highest BCUT2D eigenvalue weighted by Gasteiger charge is 2.13. The summed E-state index contributed by atoms with van der Waals surface area (Å²) in [6.07, 6.45) is 2.32. The number of guanidine groups is 1. The van der Waals surface area contributed by atoms with Gasteiger partial charge in [-0.05, 0) is 42.9 Å². The molecule has 6 heteroatoms. The fourth-order valence-electron chi connectivity index (χ4n) is 2.37. The Kier molecular flexibility index (Phi) is 12.7. The van der Waals surface area contributed by atoms with Crippen LogP contribution in [0.5, 0.6) is 0 Å². The molecule has 0 saturated heterocycles. The number of halogens is 1.